The third-order valence-electron chi connectivity index (χ3n) is 3.71. The van der Waals surface area contributed by atoms with Gasteiger partial charge in [0.1, 0.15) is 17.2 Å². The second-order valence-corrected chi connectivity index (χ2v) is 6.47. The Morgan fingerprint density at radius 3 is 2.48 bits per heavy atom. The number of benzene rings is 2. The Morgan fingerprint density at radius 1 is 1.07 bits per heavy atom. The van der Waals surface area contributed by atoms with Gasteiger partial charge in [-0.25, -0.2) is 4.79 Å². The van der Waals surface area contributed by atoms with Gasteiger partial charge in [-0.2, -0.15) is 0 Å². The Balaban J connectivity index is 1.70. The lowest BCUT2D eigenvalue weighted by Crippen LogP contribution is -2.25. The van der Waals surface area contributed by atoms with E-state index >= 15 is 0 Å². The van der Waals surface area contributed by atoms with Gasteiger partial charge in [0, 0.05) is 5.39 Å². The summed E-state index contributed by atoms with van der Waals surface area (Å²) in [6.07, 6.45) is 0.899. The standard InChI is InChI=1S/C20H17Cl2NO4/c1-3-25-20(24)12(2)26-14-5-7-15(8-6-14)27-16-10-13-4-9-17(21)18(22)19(13)23-11-16/h4-12H,3H2,1-2H3. The Hall–Kier alpha value is -2.50. The Morgan fingerprint density at radius 2 is 1.78 bits per heavy atom. The minimum Gasteiger partial charge on any atom is -0.479 e. The molecule has 1 atom stereocenters. The zero-order chi connectivity index (χ0) is 19.4. The molecule has 2 aromatic carbocycles. The number of rotatable bonds is 6. The van der Waals surface area contributed by atoms with Crippen LogP contribution in [0.5, 0.6) is 17.2 Å². The molecule has 0 fully saturated rings. The summed E-state index contributed by atoms with van der Waals surface area (Å²) in [7, 11) is 0. The number of pyridine rings is 1. The second-order valence-electron chi connectivity index (χ2n) is 5.69. The summed E-state index contributed by atoms with van der Waals surface area (Å²) in [6.45, 7) is 3.71. The van der Waals surface area contributed by atoms with Gasteiger partial charge in [-0.1, -0.05) is 29.3 Å². The molecule has 0 N–H and O–H groups in total. The Labute approximate surface area is 166 Å². The number of hydrogen-bond acceptors (Lipinski definition) is 5. The zero-order valence-electron chi connectivity index (χ0n) is 14.7. The van der Waals surface area contributed by atoms with Crippen molar-refractivity contribution in [2.45, 2.75) is 20.0 Å². The van der Waals surface area contributed by atoms with Crippen LogP contribution >= 0.6 is 23.2 Å². The van der Waals surface area contributed by atoms with Crippen LogP contribution in [-0.4, -0.2) is 23.7 Å². The highest BCUT2D eigenvalue weighted by Crippen LogP contribution is 2.32. The van der Waals surface area contributed by atoms with Crippen molar-refractivity contribution >= 4 is 40.1 Å². The third-order valence-corrected chi connectivity index (χ3v) is 4.50. The average Bonchev–Trinajstić information content (AvgIpc) is 2.66. The molecule has 3 rings (SSSR count). The first-order chi connectivity index (χ1) is 13.0. The van der Waals surface area contributed by atoms with Gasteiger partial charge in [0.05, 0.1) is 28.4 Å². The molecule has 0 aliphatic carbocycles. The van der Waals surface area contributed by atoms with Gasteiger partial charge in [-0.3, -0.25) is 4.98 Å². The first kappa shape index (κ1) is 19.3. The molecule has 0 aliphatic heterocycles. The summed E-state index contributed by atoms with van der Waals surface area (Å²) in [5.74, 6) is 1.31. The Kier molecular flexibility index (Phi) is 6.04. The monoisotopic (exact) mass is 405 g/mol. The number of carbonyl (C=O) groups is 1. The van der Waals surface area contributed by atoms with Crippen LogP contribution < -0.4 is 9.47 Å². The van der Waals surface area contributed by atoms with Gasteiger partial charge >= 0.3 is 5.97 Å². The normalized spacial score (nSPS) is 11.9. The summed E-state index contributed by atoms with van der Waals surface area (Å²) in [5, 5.41) is 1.70. The summed E-state index contributed by atoms with van der Waals surface area (Å²) >= 11 is 12.2. The molecular formula is C20H17Cl2NO4. The number of hydrogen-bond donors (Lipinski definition) is 0. The van der Waals surface area contributed by atoms with Crippen LogP contribution in [0.15, 0.2) is 48.7 Å². The maximum absolute atomic E-state index is 11.6. The van der Waals surface area contributed by atoms with E-state index in [1.807, 2.05) is 12.1 Å². The van der Waals surface area contributed by atoms with Crippen LogP contribution in [-0.2, 0) is 9.53 Å². The molecular weight excluding hydrogens is 389 g/mol. The number of halogens is 2. The molecule has 1 unspecified atom stereocenters. The lowest BCUT2D eigenvalue weighted by molar-refractivity contribution is -0.150. The topological polar surface area (TPSA) is 57.7 Å². The molecule has 7 heteroatoms. The fourth-order valence-electron chi connectivity index (χ4n) is 2.41. The smallest absolute Gasteiger partial charge is 0.347 e. The van der Waals surface area contributed by atoms with E-state index in [1.165, 1.54) is 0 Å². The molecule has 5 nitrogen and oxygen atoms in total. The van der Waals surface area contributed by atoms with E-state index in [-0.39, 0.29) is 0 Å². The summed E-state index contributed by atoms with van der Waals surface area (Å²) < 4.78 is 16.3. The lowest BCUT2D eigenvalue weighted by Gasteiger charge is -2.13. The molecule has 0 spiro atoms. The van der Waals surface area contributed by atoms with E-state index in [0.29, 0.717) is 39.4 Å². The van der Waals surface area contributed by atoms with E-state index in [1.54, 1.807) is 50.4 Å². The predicted octanol–water partition coefficient (Wildman–Crippen LogP) is 5.66. The molecule has 0 amide bonds. The van der Waals surface area contributed by atoms with Gasteiger partial charge < -0.3 is 14.2 Å². The molecule has 1 aromatic heterocycles. The summed E-state index contributed by atoms with van der Waals surface area (Å²) in [5.41, 5.74) is 0.619. The van der Waals surface area contributed by atoms with Crippen molar-refractivity contribution in [2.24, 2.45) is 0 Å². The van der Waals surface area contributed by atoms with Gasteiger partial charge in [0.25, 0.3) is 0 Å². The van der Waals surface area contributed by atoms with Crippen molar-refractivity contribution in [3.8, 4) is 17.2 Å². The van der Waals surface area contributed by atoms with Gasteiger partial charge in [-0.05, 0) is 50.2 Å². The minimum absolute atomic E-state index is 0.316. The van der Waals surface area contributed by atoms with Gasteiger partial charge in [-0.15, -0.1) is 0 Å². The molecule has 1 heterocycles. The van der Waals surface area contributed by atoms with Crippen LogP contribution in [0.25, 0.3) is 10.9 Å². The van der Waals surface area contributed by atoms with Crippen LogP contribution in [0, 0.1) is 0 Å². The molecule has 0 saturated carbocycles. The number of fused-ring (bicyclic) bond motifs is 1. The molecule has 0 saturated heterocycles. The average molecular weight is 406 g/mol. The van der Waals surface area contributed by atoms with E-state index in [2.05, 4.69) is 4.98 Å². The van der Waals surface area contributed by atoms with Crippen LogP contribution in [0.4, 0.5) is 0 Å². The van der Waals surface area contributed by atoms with E-state index in [0.717, 1.165) is 5.39 Å². The van der Waals surface area contributed by atoms with Crippen molar-refractivity contribution in [1.82, 2.24) is 4.98 Å². The van der Waals surface area contributed by atoms with E-state index in [4.69, 9.17) is 37.4 Å². The van der Waals surface area contributed by atoms with Crippen LogP contribution in [0.3, 0.4) is 0 Å². The highest BCUT2D eigenvalue weighted by atomic mass is 35.5. The highest BCUT2D eigenvalue weighted by Gasteiger charge is 2.15. The SMILES string of the molecule is CCOC(=O)C(C)Oc1ccc(Oc2cnc3c(Cl)c(Cl)ccc3c2)cc1. The van der Waals surface area contributed by atoms with Gasteiger partial charge in [0.15, 0.2) is 6.10 Å². The van der Waals surface area contributed by atoms with Crippen molar-refractivity contribution < 1.29 is 19.0 Å². The summed E-state index contributed by atoms with van der Waals surface area (Å²) in [6, 6.07) is 12.3. The van der Waals surface area contributed by atoms with E-state index in [9.17, 15) is 4.79 Å². The summed E-state index contributed by atoms with van der Waals surface area (Å²) in [4.78, 5) is 15.9. The highest BCUT2D eigenvalue weighted by molar-refractivity contribution is 6.45. The molecule has 140 valence electrons. The van der Waals surface area contributed by atoms with Crippen LogP contribution in [0.1, 0.15) is 13.8 Å². The molecule has 27 heavy (non-hydrogen) atoms. The number of esters is 1. The van der Waals surface area contributed by atoms with Crippen molar-refractivity contribution in [3.63, 3.8) is 0 Å². The Bertz CT molecular complexity index is 960. The first-order valence-electron chi connectivity index (χ1n) is 8.33. The quantitative estimate of drug-likeness (QED) is 0.494. The molecule has 3 aromatic rings. The van der Waals surface area contributed by atoms with E-state index < -0.39 is 12.1 Å². The first-order valence-corrected chi connectivity index (χ1v) is 9.08. The minimum atomic E-state index is -0.682. The second kappa shape index (κ2) is 8.46. The maximum atomic E-state index is 11.6. The van der Waals surface area contributed by atoms with Crippen molar-refractivity contribution in [2.75, 3.05) is 6.61 Å². The maximum Gasteiger partial charge on any atom is 0.347 e. The molecule has 0 radical (unpaired) electrons. The largest absolute Gasteiger partial charge is 0.479 e. The molecule has 0 bridgehead atoms. The number of nitrogens with zero attached hydrogens (tertiary/aromatic N) is 1. The van der Waals surface area contributed by atoms with Crippen molar-refractivity contribution in [3.05, 3.63) is 58.7 Å². The molecule has 0 aliphatic rings. The van der Waals surface area contributed by atoms with Crippen LogP contribution in [0.2, 0.25) is 10.0 Å². The third kappa shape index (κ3) is 4.62. The fourth-order valence-corrected chi connectivity index (χ4v) is 2.78. The zero-order valence-corrected chi connectivity index (χ0v) is 16.3. The lowest BCUT2D eigenvalue weighted by atomic mass is 10.2. The fraction of sp³-hybridized carbons (Fsp3) is 0.200. The predicted molar refractivity (Wildman–Crippen MR) is 105 cm³/mol. The number of ether oxygens (including phenoxy) is 3. The number of aromatic nitrogens is 1. The van der Waals surface area contributed by atoms with Gasteiger partial charge in [0.2, 0.25) is 0 Å². The van der Waals surface area contributed by atoms with Crippen molar-refractivity contribution in [1.29, 1.82) is 0 Å². The number of carbonyl (C=O) groups excluding carboxylic acids is 1.